The van der Waals surface area contributed by atoms with Crippen LogP contribution < -0.4 is 5.32 Å². The van der Waals surface area contributed by atoms with Crippen molar-refractivity contribution in [2.75, 3.05) is 37.7 Å². The van der Waals surface area contributed by atoms with Crippen molar-refractivity contribution in [3.05, 3.63) is 24.2 Å². The number of piperazine rings is 1. The van der Waals surface area contributed by atoms with Gasteiger partial charge in [0, 0.05) is 25.2 Å². The number of nitrogens with zero attached hydrogens (tertiary/aromatic N) is 2. The van der Waals surface area contributed by atoms with E-state index in [1.54, 1.807) is 18.4 Å². The molecule has 7 nitrogen and oxygen atoms in total. The zero-order valence-corrected chi connectivity index (χ0v) is 14.1. The van der Waals surface area contributed by atoms with Crippen LogP contribution in [0.4, 0.5) is 0 Å². The van der Waals surface area contributed by atoms with E-state index in [1.807, 2.05) is 11.8 Å². The molecular weight excluding hydrogens is 318 g/mol. The fourth-order valence-electron chi connectivity index (χ4n) is 3.52. The van der Waals surface area contributed by atoms with Crippen LogP contribution in [0.1, 0.15) is 12.7 Å². The summed E-state index contributed by atoms with van der Waals surface area (Å²) in [6.45, 7) is 5.00. The van der Waals surface area contributed by atoms with E-state index in [9.17, 15) is 13.2 Å². The van der Waals surface area contributed by atoms with Crippen LogP contribution in [0, 0.1) is 0 Å². The van der Waals surface area contributed by atoms with Crippen LogP contribution >= 0.6 is 0 Å². The fourth-order valence-corrected chi connectivity index (χ4v) is 5.57. The second-order valence-electron chi connectivity index (χ2n) is 6.17. The van der Waals surface area contributed by atoms with Crippen molar-refractivity contribution in [2.24, 2.45) is 0 Å². The molecule has 3 heterocycles. The predicted molar refractivity (Wildman–Crippen MR) is 85.6 cm³/mol. The van der Waals surface area contributed by atoms with Crippen LogP contribution in [0.5, 0.6) is 0 Å². The monoisotopic (exact) mass is 341 g/mol. The van der Waals surface area contributed by atoms with Crippen LogP contribution in [-0.2, 0) is 21.2 Å². The molecular formula is C15H23N3O4S. The third-order valence-corrected chi connectivity index (χ3v) is 6.40. The first-order valence-corrected chi connectivity index (χ1v) is 9.78. The largest absolute Gasteiger partial charge is 0.467 e. The molecule has 128 valence electrons. The van der Waals surface area contributed by atoms with Gasteiger partial charge in [-0.25, -0.2) is 8.42 Å². The third-order valence-electron chi connectivity index (χ3n) is 4.70. The summed E-state index contributed by atoms with van der Waals surface area (Å²) in [7, 11) is -3.02. The molecule has 0 unspecified atom stereocenters. The van der Waals surface area contributed by atoms with E-state index in [-0.39, 0.29) is 36.0 Å². The topological polar surface area (TPSA) is 82.9 Å². The molecule has 0 radical (unpaired) electrons. The van der Waals surface area contributed by atoms with E-state index in [1.165, 1.54) is 0 Å². The lowest BCUT2D eigenvalue weighted by Gasteiger charge is -2.43. The van der Waals surface area contributed by atoms with Crippen LogP contribution in [-0.4, -0.2) is 73.9 Å². The van der Waals surface area contributed by atoms with Crippen LogP contribution in [0.15, 0.2) is 22.8 Å². The number of carbonyl (C=O) groups is 1. The summed E-state index contributed by atoms with van der Waals surface area (Å²) < 4.78 is 29.2. The number of amides is 1. The normalized spacial score (nSPS) is 27.7. The molecule has 2 saturated heterocycles. The molecule has 1 aromatic rings. The van der Waals surface area contributed by atoms with Crippen molar-refractivity contribution in [1.82, 2.24) is 15.1 Å². The van der Waals surface area contributed by atoms with E-state index < -0.39 is 9.84 Å². The average Bonchev–Trinajstić information content (AvgIpc) is 3.12. The summed E-state index contributed by atoms with van der Waals surface area (Å²) in [5, 5.41) is 2.82. The first kappa shape index (κ1) is 16.5. The zero-order chi connectivity index (χ0) is 16.4. The van der Waals surface area contributed by atoms with Crippen molar-refractivity contribution in [2.45, 2.75) is 25.6 Å². The van der Waals surface area contributed by atoms with Crippen LogP contribution in [0.25, 0.3) is 0 Å². The maximum atomic E-state index is 12.1. The van der Waals surface area contributed by atoms with Gasteiger partial charge >= 0.3 is 0 Å². The second kappa shape index (κ2) is 6.62. The molecule has 0 bridgehead atoms. The van der Waals surface area contributed by atoms with Crippen molar-refractivity contribution in [3.8, 4) is 0 Å². The van der Waals surface area contributed by atoms with Crippen molar-refractivity contribution in [1.29, 1.82) is 0 Å². The van der Waals surface area contributed by atoms with Gasteiger partial charge in [-0.2, -0.15) is 0 Å². The minimum absolute atomic E-state index is 0.0108. The molecule has 2 fully saturated rings. The smallest absolute Gasteiger partial charge is 0.234 e. The number of furan rings is 1. The molecule has 0 spiro atoms. The number of nitrogens with one attached hydrogen (secondary N) is 1. The number of rotatable bonds is 5. The lowest BCUT2D eigenvalue weighted by atomic mass is 10.0. The Bertz CT molecular complexity index is 644. The van der Waals surface area contributed by atoms with Gasteiger partial charge in [-0.1, -0.05) is 6.92 Å². The summed E-state index contributed by atoms with van der Waals surface area (Å²) >= 11 is 0. The Morgan fingerprint density at radius 3 is 2.65 bits per heavy atom. The molecule has 2 atom stereocenters. The summed E-state index contributed by atoms with van der Waals surface area (Å²) in [5.74, 6) is 0.959. The molecule has 1 aromatic heterocycles. The van der Waals surface area contributed by atoms with Gasteiger partial charge in [-0.15, -0.1) is 0 Å². The molecule has 1 amide bonds. The highest BCUT2D eigenvalue weighted by atomic mass is 32.2. The highest BCUT2D eigenvalue weighted by molar-refractivity contribution is 7.91. The van der Waals surface area contributed by atoms with E-state index in [4.69, 9.17) is 4.42 Å². The van der Waals surface area contributed by atoms with Gasteiger partial charge < -0.3 is 9.73 Å². The number of fused-ring (bicyclic) bond motifs is 1. The molecule has 8 heteroatoms. The Balaban J connectivity index is 1.60. The molecule has 2 aliphatic rings. The van der Waals surface area contributed by atoms with E-state index in [0.717, 1.165) is 19.6 Å². The standard InChI is InChI=1S/C15H23N3O4S/c1-2-17-5-6-18(14-11-23(20,21)10-13(14)17)9-15(19)16-8-12-4-3-7-22-12/h3-4,7,13-14H,2,5-6,8-11H2,1H3,(H,16,19)/t13-,14+/m0/s1. The average molecular weight is 341 g/mol. The Labute approximate surface area is 136 Å². The minimum atomic E-state index is -3.02. The molecule has 23 heavy (non-hydrogen) atoms. The van der Waals surface area contributed by atoms with Gasteiger partial charge in [0.2, 0.25) is 5.91 Å². The SMILES string of the molecule is CCN1CCN(CC(=O)NCc2ccco2)[C@@H]2CS(=O)(=O)C[C@@H]21. The summed E-state index contributed by atoms with van der Waals surface area (Å²) in [4.78, 5) is 16.4. The maximum Gasteiger partial charge on any atom is 0.234 e. The predicted octanol–water partition coefficient (Wildman–Crippen LogP) is -0.301. The Kier molecular flexibility index (Phi) is 4.74. The number of hydrogen-bond acceptors (Lipinski definition) is 6. The first-order chi connectivity index (χ1) is 11.0. The van der Waals surface area contributed by atoms with Crippen LogP contribution in [0.3, 0.4) is 0 Å². The van der Waals surface area contributed by atoms with Gasteiger partial charge in [-0.3, -0.25) is 14.6 Å². The third kappa shape index (κ3) is 3.76. The highest BCUT2D eigenvalue weighted by Crippen LogP contribution is 2.26. The lowest BCUT2D eigenvalue weighted by Crippen LogP contribution is -2.60. The van der Waals surface area contributed by atoms with Gasteiger partial charge in [0.15, 0.2) is 9.84 Å². The molecule has 0 saturated carbocycles. The summed E-state index contributed by atoms with van der Waals surface area (Å²) in [6.07, 6.45) is 1.57. The maximum absolute atomic E-state index is 12.1. The van der Waals surface area contributed by atoms with Gasteiger partial charge in [-0.05, 0) is 18.7 Å². The second-order valence-corrected chi connectivity index (χ2v) is 8.32. The van der Waals surface area contributed by atoms with E-state index >= 15 is 0 Å². The highest BCUT2D eigenvalue weighted by Gasteiger charge is 2.46. The minimum Gasteiger partial charge on any atom is -0.467 e. The lowest BCUT2D eigenvalue weighted by molar-refractivity contribution is -0.124. The quantitative estimate of drug-likeness (QED) is 0.792. The molecule has 2 aliphatic heterocycles. The molecule has 1 N–H and O–H groups in total. The Morgan fingerprint density at radius 2 is 2.00 bits per heavy atom. The Morgan fingerprint density at radius 1 is 1.30 bits per heavy atom. The van der Waals surface area contributed by atoms with Crippen molar-refractivity contribution < 1.29 is 17.6 Å². The Hall–Kier alpha value is -1.38. The van der Waals surface area contributed by atoms with E-state index in [2.05, 4.69) is 10.2 Å². The van der Waals surface area contributed by atoms with Gasteiger partial charge in [0.05, 0.1) is 30.9 Å². The van der Waals surface area contributed by atoms with Gasteiger partial charge in [0.25, 0.3) is 0 Å². The number of likely N-dealkylation sites (N-methyl/N-ethyl adjacent to an activating group) is 1. The number of hydrogen-bond donors (Lipinski definition) is 1. The summed E-state index contributed by atoms with van der Waals surface area (Å²) in [5.41, 5.74) is 0. The van der Waals surface area contributed by atoms with Crippen LogP contribution in [0.2, 0.25) is 0 Å². The molecule has 0 aromatic carbocycles. The molecule has 0 aliphatic carbocycles. The van der Waals surface area contributed by atoms with Crippen molar-refractivity contribution >= 4 is 15.7 Å². The number of sulfone groups is 1. The zero-order valence-electron chi connectivity index (χ0n) is 13.3. The molecule has 3 rings (SSSR count). The summed E-state index contributed by atoms with van der Waals surface area (Å²) in [6, 6.07) is 3.51. The van der Waals surface area contributed by atoms with Crippen molar-refractivity contribution in [3.63, 3.8) is 0 Å². The van der Waals surface area contributed by atoms with E-state index in [0.29, 0.717) is 12.3 Å². The fraction of sp³-hybridized carbons (Fsp3) is 0.667. The first-order valence-electron chi connectivity index (χ1n) is 7.96. The van der Waals surface area contributed by atoms with Gasteiger partial charge in [0.1, 0.15) is 5.76 Å². The number of carbonyl (C=O) groups excluding carboxylic acids is 1.